The van der Waals surface area contributed by atoms with Gasteiger partial charge in [0.15, 0.2) is 0 Å². The van der Waals surface area contributed by atoms with Crippen molar-refractivity contribution in [2.45, 2.75) is 0 Å². The molecule has 4 aromatic rings. The van der Waals surface area contributed by atoms with Crippen LogP contribution in [-0.2, 0) is 7.05 Å². The molecule has 2 aromatic carbocycles. The number of para-hydroxylation sites is 1. The number of aromatic nitrogens is 3. The lowest BCUT2D eigenvalue weighted by Gasteiger charge is -2.06. The Hall–Kier alpha value is -3.14. The Morgan fingerprint density at radius 2 is 1.57 bits per heavy atom. The summed E-state index contributed by atoms with van der Waals surface area (Å²) in [6.07, 6.45) is 1.60. The summed E-state index contributed by atoms with van der Waals surface area (Å²) in [6, 6.07) is 22.5. The van der Waals surface area contributed by atoms with E-state index in [0.29, 0.717) is 0 Å². The number of aryl methyl sites for hydroxylation is 1. The summed E-state index contributed by atoms with van der Waals surface area (Å²) in [6.45, 7) is 0. The first-order valence-electron chi connectivity index (χ1n) is 7.51. The lowest BCUT2D eigenvalue weighted by Crippen LogP contribution is -1.97. The second-order valence-electron chi connectivity index (χ2n) is 5.41. The van der Waals surface area contributed by atoms with E-state index in [9.17, 15) is 0 Å². The number of hydrogen-bond donors (Lipinski definition) is 1. The lowest BCUT2D eigenvalue weighted by molar-refractivity contribution is 0.952. The Bertz CT molecular complexity index is 943. The molecule has 0 spiro atoms. The number of fused-ring (bicyclic) bond motifs is 1. The van der Waals surface area contributed by atoms with E-state index in [0.717, 1.165) is 28.2 Å². The first-order chi connectivity index (χ1) is 11.3. The predicted octanol–water partition coefficient (Wildman–Crippen LogP) is 4.38. The SMILES string of the molecule is Cn1c(-c2ccccc2)cc2c(Nc3ccccc3)ncnc21. The van der Waals surface area contributed by atoms with Gasteiger partial charge in [-0.3, -0.25) is 0 Å². The lowest BCUT2D eigenvalue weighted by atomic mass is 10.1. The van der Waals surface area contributed by atoms with Gasteiger partial charge in [0, 0.05) is 12.7 Å². The molecule has 0 unspecified atom stereocenters. The number of hydrogen-bond acceptors (Lipinski definition) is 3. The van der Waals surface area contributed by atoms with Gasteiger partial charge >= 0.3 is 0 Å². The molecule has 23 heavy (non-hydrogen) atoms. The van der Waals surface area contributed by atoms with Crippen LogP contribution in [0.2, 0.25) is 0 Å². The summed E-state index contributed by atoms with van der Waals surface area (Å²) in [7, 11) is 2.03. The summed E-state index contributed by atoms with van der Waals surface area (Å²) < 4.78 is 2.10. The van der Waals surface area contributed by atoms with Crippen LogP contribution in [0.15, 0.2) is 73.1 Å². The summed E-state index contributed by atoms with van der Waals surface area (Å²) in [4.78, 5) is 8.86. The molecule has 0 atom stereocenters. The van der Waals surface area contributed by atoms with Crippen molar-refractivity contribution in [3.05, 3.63) is 73.1 Å². The normalized spacial score (nSPS) is 10.8. The van der Waals surface area contributed by atoms with Crippen molar-refractivity contribution in [1.82, 2.24) is 14.5 Å². The van der Waals surface area contributed by atoms with E-state index in [-0.39, 0.29) is 0 Å². The maximum absolute atomic E-state index is 4.44. The molecule has 0 aliphatic rings. The summed E-state index contributed by atoms with van der Waals surface area (Å²) >= 11 is 0. The highest BCUT2D eigenvalue weighted by Gasteiger charge is 2.12. The van der Waals surface area contributed by atoms with E-state index in [2.05, 4.69) is 38.1 Å². The van der Waals surface area contributed by atoms with Crippen LogP contribution >= 0.6 is 0 Å². The quantitative estimate of drug-likeness (QED) is 0.610. The van der Waals surface area contributed by atoms with Crippen molar-refractivity contribution in [2.75, 3.05) is 5.32 Å². The van der Waals surface area contributed by atoms with Crippen LogP contribution in [-0.4, -0.2) is 14.5 Å². The van der Waals surface area contributed by atoms with Crippen LogP contribution in [0, 0.1) is 0 Å². The van der Waals surface area contributed by atoms with Gasteiger partial charge in [-0.25, -0.2) is 9.97 Å². The second-order valence-corrected chi connectivity index (χ2v) is 5.41. The van der Waals surface area contributed by atoms with Gasteiger partial charge < -0.3 is 9.88 Å². The van der Waals surface area contributed by atoms with E-state index >= 15 is 0 Å². The molecule has 0 radical (unpaired) electrons. The van der Waals surface area contributed by atoms with Gasteiger partial charge in [0.25, 0.3) is 0 Å². The highest BCUT2D eigenvalue weighted by molar-refractivity contribution is 5.93. The van der Waals surface area contributed by atoms with E-state index in [1.54, 1.807) is 6.33 Å². The van der Waals surface area contributed by atoms with Gasteiger partial charge in [-0.2, -0.15) is 0 Å². The minimum atomic E-state index is 0.819. The molecule has 0 bridgehead atoms. The Morgan fingerprint density at radius 1 is 0.870 bits per heavy atom. The van der Waals surface area contributed by atoms with Crippen molar-refractivity contribution < 1.29 is 0 Å². The van der Waals surface area contributed by atoms with Crippen molar-refractivity contribution in [2.24, 2.45) is 7.05 Å². The van der Waals surface area contributed by atoms with Gasteiger partial charge in [0.1, 0.15) is 17.8 Å². The third kappa shape index (κ3) is 2.44. The Morgan fingerprint density at radius 3 is 2.30 bits per heavy atom. The average molecular weight is 300 g/mol. The average Bonchev–Trinajstić information content (AvgIpc) is 2.95. The summed E-state index contributed by atoms with van der Waals surface area (Å²) in [5, 5.41) is 4.39. The Labute approximate surface area is 134 Å². The smallest absolute Gasteiger partial charge is 0.145 e. The molecule has 2 aromatic heterocycles. The number of nitrogens with zero attached hydrogens (tertiary/aromatic N) is 3. The van der Waals surface area contributed by atoms with Crippen molar-refractivity contribution in [1.29, 1.82) is 0 Å². The number of nitrogens with one attached hydrogen (secondary N) is 1. The molecular formula is C19H16N4. The molecule has 4 nitrogen and oxygen atoms in total. The molecule has 4 heteroatoms. The Kier molecular flexibility index (Phi) is 3.27. The molecule has 0 saturated heterocycles. The minimum absolute atomic E-state index is 0.819. The third-order valence-corrected chi connectivity index (χ3v) is 3.93. The van der Waals surface area contributed by atoms with Gasteiger partial charge in [-0.15, -0.1) is 0 Å². The van der Waals surface area contributed by atoms with Crippen LogP contribution in [0.4, 0.5) is 11.5 Å². The maximum atomic E-state index is 4.44. The van der Waals surface area contributed by atoms with Gasteiger partial charge in [-0.05, 0) is 23.8 Å². The largest absolute Gasteiger partial charge is 0.340 e. The van der Waals surface area contributed by atoms with Crippen molar-refractivity contribution in [3.63, 3.8) is 0 Å². The van der Waals surface area contributed by atoms with Crippen LogP contribution in [0.3, 0.4) is 0 Å². The monoisotopic (exact) mass is 300 g/mol. The molecule has 0 fully saturated rings. The molecule has 0 aliphatic heterocycles. The fraction of sp³-hybridized carbons (Fsp3) is 0.0526. The fourth-order valence-corrected chi connectivity index (χ4v) is 2.78. The molecule has 4 rings (SSSR count). The molecule has 1 N–H and O–H groups in total. The predicted molar refractivity (Wildman–Crippen MR) is 93.7 cm³/mol. The first kappa shape index (κ1) is 13.5. The molecular weight excluding hydrogens is 284 g/mol. The summed E-state index contributed by atoms with van der Waals surface area (Å²) in [5.41, 5.74) is 4.21. The van der Waals surface area contributed by atoms with Crippen LogP contribution in [0.5, 0.6) is 0 Å². The zero-order chi connectivity index (χ0) is 15.6. The first-order valence-corrected chi connectivity index (χ1v) is 7.51. The van der Waals surface area contributed by atoms with E-state index < -0.39 is 0 Å². The molecule has 0 saturated carbocycles. The number of benzene rings is 2. The topological polar surface area (TPSA) is 42.7 Å². The van der Waals surface area contributed by atoms with E-state index in [1.165, 1.54) is 5.56 Å². The number of rotatable bonds is 3. The second kappa shape index (κ2) is 5.57. The minimum Gasteiger partial charge on any atom is -0.340 e. The third-order valence-electron chi connectivity index (χ3n) is 3.93. The molecule has 0 aliphatic carbocycles. The standard InChI is InChI=1S/C19H16N4/c1-23-17(14-8-4-2-5-9-14)12-16-18(20-13-21-19(16)23)22-15-10-6-3-7-11-15/h2-13H,1H3,(H,20,21,22). The van der Waals surface area contributed by atoms with Gasteiger partial charge in [0.2, 0.25) is 0 Å². The zero-order valence-corrected chi connectivity index (χ0v) is 12.8. The molecule has 0 amide bonds. The van der Waals surface area contributed by atoms with E-state index in [1.807, 2.05) is 55.6 Å². The fourth-order valence-electron chi connectivity index (χ4n) is 2.78. The highest BCUT2D eigenvalue weighted by atomic mass is 15.1. The van der Waals surface area contributed by atoms with Crippen molar-refractivity contribution in [3.8, 4) is 11.3 Å². The molecule has 112 valence electrons. The van der Waals surface area contributed by atoms with Gasteiger partial charge in [0.05, 0.1) is 11.1 Å². The summed E-state index contributed by atoms with van der Waals surface area (Å²) in [5.74, 6) is 0.819. The van der Waals surface area contributed by atoms with Crippen LogP contribution in [0.1, 0.15) is 0 Å². The molecule has 2 heterocycles. The maximum Gasteiger partial charge on any atom is 0.145 e. The highest BCUT2D eigenvalue weighted by Crippen LogP contribution is 2.30. The van der Waals surface area contributed by atoms with Crippen LogP contribution in [0.25, 0.3) is 22.3 Å². The van der Waals surface area contributed by atoms with Crippen LogP contribution < -0.4 is 5.32 Å². The van der Waals surface area contributed by atoms with Gasteiger partial charge in [-0.1, -0.05) is 48.5 Å². The number of anilines is 2. The zero-order valence-electron chi connectivity index (χ0n) is 12.8. The Balaban J connectivity index is 1.85. The van der Waals surface area contributed by atoms with Crippen molar-refractivity contribution >= 4 is 22.5 Å². The van der Waals surface area contributed by atoms with E-state index in [4.69, 9.17) is 0 Å².